The van der Waals surface area contributed by atoms with Gasteiger partial charge in [-0.25, -0.2) is 8.42 Å². The van der Waals surface area contributed by atoms with Crippen LogP contribution in [-0.4, -0.2) is 43.9 Å². The normalized spacial score (nSPS) is 16.1. The highest BCUT2D eigenvalue weighted by atomic mass is 35.5. The van der Waals surface area contributed by atoms with Gasteiger partial charge >= 0.3 is 0 Å². The van der Waals surface area contributed by atoms with E-state index in [-0.39, 0.29) is 0 Å². The van der Waals surface area contributed by atoms with Gasteiger partial charge in [0.2, 0.25) is 10.0 Å². The van der Waals surface area contributed by atoms with Gasteiger partial charge in [-0.1, -0.05) is 41.9 Å². The van der Waals surface area contributed by atoms with Gasteiger partial charge in [0.05, 0.1) is 5.52 Å². The second-order valence-corrected chi connectivity index (χ2v) is 8.89. The van der Waals surface area contributed by atoms with E-state index < -0.39 is 10.0 Å². The number of fused-ring (bicyclic) bond motifs is 1. The molecular formula is C21H20ClN3O2S. The Balaban J connectivity index is 1.48. The topological polar surface area (TPSA) is 53.5 Å². The van der Waals surface area contributed by atoms with E-state index in [1.165, 1.54) is 9.71 Å². The molecule has 2 aromatic carbocycles. The number of rotatable bonds is 4. The van der Waals surface area contributed by atoms with Gasteiger partial charge in [0, 0.05) is 53.9 Å². The van der Waals surface area contributed by atoms with Crippen LogP contribution < -0.4 is 4.90 Å². The molecular weight excluding hydrogens is 394 g/mol. The Kier molecular flexibility index (Phi) is 5.35. The molecule has 0 atom stereocenters. The lowest BCUT2D eigenvalue weighted by Gasteiger charge is -2.35. The summed E-state index contributed by atoms with van der Waals surface area (Å²) in [5, 5.41) is 2.97. The second kappa shape index (κ2) is 7.91. The molecule has 3 aromatic rings. The van der Waals surface area contributed by atoms with Gasteiger partial charge in [-0.3, -0.25) is 4.98 Å². The first-order valence-corrected chi connectivity index (χ1v) is 10.9. The number of hydrogen-bond donors (Lipinski definition) is 0. The summed E-state index contributed by atoms with van der Waals surface area (Å²) in [6.45, 7) is 2.14. The van der Waals surface area contributed by atoms with Crippen molar-refractivity contribution in [3.05, 3.63) is 76.8 Å². The molecule has 1 fully saturated rings. The summed E-state index contributed by atoms with van der Waals surface area (Å²) < 4.78 is 26.8. The van der Waals surface area contributed by atoms with Crippen LogP contribution in [0, 0.1) is 0 Å². The summed E-state index contributed by atoms with van der Waals surface area (Å²) in [4.78, 5) is 6.58. The molecule has 1 saturated heterocycles. The summed E-state index contributed by atoms with van der Waals surface area (Å²) >= 11 is 6.07. The van der Waals surface area contributed by atoms with Crippen molar-refractivity contribution in [2.75, 3.05) is 31.1 Å². The smallest absolute Gasteiger partial charge is 0.236 e. The Morgan fingerprint density at radius 1 is 0.964 bits per heavy atom. The minimum absolute atomic E-state index is 0.443. The number of nitrogens with zero attached hydrogens (tertiary/aromatic N) is 3. The highest BCUT2D eigenvalue weighted by Gasteiger charge is 2.25. The van der Waals surface area contributed by atoms with Crippen LogP contribution in [0.1, 0.15) is 5.56 Å². The average Bonchev–Trinajstić information content (AvgIpc) is 2.72. The first-order chi connectivity index (χ1) is 13.5. The molecule has 0 saturated carbocycles. The molecule has 0 radical (unpaired) electrons. The van der Waals surface area contributed by atoms with E-state index in [0.29, 0.717) is 31.2 Å². The minimum atomic E-state index is -3.44. The maximum Gasteiger partial charge on any atom is 0.236 e. The summed E-state index contributed by atoms with van der Waals surface area (Å²) in [6.07, 6.45) is 3.40. The fourth-order valence-corrected chi connectivity index (χ4v) is 4.72. The van der Waals surface area contributed by atoms with Crippen molar-refractivity contribution in [1.82, 2.24) is 9.29 Å². The molecule has 4 rings (SSSR count). The van der Waals surface area contributed by atoms with E-state index in [1.54, 1.807) is 12.3 Å². The lowest BCUT2D eigenvalue weighted by molar-refractivity contribution is 0.390. The van der Waals surface area contributed by atoms with Crippen LogP contribution in [0.2, 0.25) is 5.02 Å². The zero-order valence-corrected chi connectivity index (χ0v) is 16.8. The van der Waals surface area contributed by atoms with Crippen molar-refractivity contribution in [3.63, 3.8) is 0 Å². The van der Waals surface area contributed by atoms with Crippen molar-refractivity contribution in [2.24, 2.45) is 0 Å². The molecule has 1 aliphatic heterocycles. The summed E-state index contributed by atoms with van der Waals surface area (Å²) in [5.41, 5.74) is 2.76. The lowest BCUT2D eigenvalue weighted by Crippen LogP contribution is -2.48. The number of anilines is 1. The third kappa shape index (κ3) is 4.04. The fourth-order valence-electron chi connectivity index (χ4n) is 3.38. The van der Waals surface area contributed by atoms with Crippen molar-refractivity contribution in [2.45, 2.75) is 0 Å². The summed E-state index contributed by atoms with van der Waals surface area (Å²) in [5.74, 6) is 0. The molecule has 5 nitrogen and oxygen atoms in total. The largest absolute Gasteiger partial charge is 0.368 e. The number of benzene rings is 2. The van der Waals surface area contributed by atoms with Crippen LogP contribution in [0.15, 0.2) is 66.2 Å². The van der Waals surface area contributed by atoms with Crippen molar-refractivity contribution >= 4 is 44.3 Å². The molecule has 0 aliphatic carbocycles. The van der Waals surface area contributed by atoms with Gasteiger partial charge in [-0.15, -0.1) is 0 Å². The number of sulfonamides is 1. The van der Waals surface area contributed by atoms with Crippen LogP contribution >= 0.6 is 11.6 Å². The van der Waals surface area contributed by atoms with E-state index in [4.69, 9.17) is 11.6 Å². The Morgan fingerprint density at radius 2 is 1.71 bits per heavy atom. The number of halogens is 1. The molecule has 1 aromatic heterocycles. The quantitative estimate of drug-likeness (QED) is 0.648. The third-order valence-electron chi connectivity index (χ3n) is 4.85. The van der Waals surface area contributed by atoms with Crippen LogP contribution in [0.25, 0.3) is 17.0 Å². The van der Waals surface area contributed by atoms with Gasteiger partial charge in [0.1, 0.15) is 0 Å². The van der Waals surface area contributed by atoms with E-state index in [0.717, 1.165) is 22.2 Å². The minimum Gasteiger partial charge on any atom is -0.368 e. The highest BCUT2D eigenvalue weighted by Crippen LogP contribution is 2.28. The molecule has 2 heterocycles. The average molecular weight is 414 g/mol. The predicted octanol–water partition coefficient (Wildman–Crippen LogP) is 4.01. The van der Waals surface area contributed by atoms with Gasteiger partial charge < -0.3 is 4.90 Å². The zero-order valence-electron chi connectivity index (χ0n) is 15.2. The second-order valence-electron chi connectivity index (χ2n) is 6.64. The Labute approximate surface area is 169 Å². The van der Waals surface area contributed by atoms with E-state index >= 15 is 0 Å². The van der Waals surface area contributed by atoms with Crippen LogP contribution in [0.3, 0.4) is 0 Å². The zero-order chi connectivity index (χ0) is 19.6. The monoisotopic (exact) mass is 413 g/mol. The Morgan fingerprint density at radius 3 is 2.46 bits per heavy atom. The number of aromatic nitrogens is 1. The van der Waals surface area contributed by atoms with Crippen LogP contribution in [0.5, 0.6) is 0 Å². The molecule has 0 amide bonds. The van der Waals surface area contributed by atoms with Crippen molar-refractivity contribution in [1.29, 1.82) is 0 Å². The summed E-state index contributed by atoms with van der Waals surface area (Å²) in [6, 6.07) is 17.1. The van der Waals surface area contributed by atoms with E-state index in [9.17, 15) is 8.42 Å². The molecule has 0 unspecified atom stereocenters. The van der Waals surface area contributed by atoms with Crippen molar-refractivity contribution < 1.29 is 8.42 Å². The first-order valence-electron chi connectivity index (χ1n) is 9.05. The third-order valence-corrected chi connectivity index (χ3v) is 6.65. The Hall–Kier alpha value is -2.41. The Bertz CT molecular complexity index is 1110. The molecule has 144 valence electrons. The molecule has 0 bridgehead atoms. The number of pyridine rings is 1. The standard InChI is InChI=1S/C21H20ClN3O2S/c22-18-6-7-19-20(16-18)23-10-8-21(19)24-11-13-25(14-12-24)28(26,27)15-9-17-4-2-1-3-5-17/h1-10,15-16H,11-14H2/b15-9+. The van der Waals surface area contributed by atoms with Gasteiger partial charge in [-0.2, -0.15) is 4.31 Å². The van der Waals surface area contributed by atoms with Crippen LogP contribution in [-0.2, 0) is 10.0 Å². The number of hydrogen-bond acceptors (Lipinski definition) is 4. The van der Waals surface area contributed by atoms with Gasteiger partial charge in [-0.05, 0) is 35.9 Å². The first kappa shape index (κ1) is 18.9. The maximum absolute atomic E-state index is 12.6. The maximum atomic E-state index is 12.6. The fraction of sp³-hybridized carbons (Fsp3) is 0.190. The predicted molar refractivity (Wildman–Crippen MR) is 115 cm³/mol. The lowest BCUT2D eigenvalue weighted by atomic mass is 10.1. The molecule has 1 aliphatic rings. The van der Waals surface area contributed by atoms with E-state index in [1.807, 2.05) is 54.6 Å². The summed E-state index contributed by atoms with van der Waals surface area (Å²) in [7, 11) is -3.44. The molecule has 0 spiro atoms. The molecule has 28 heavy (non-hydrogen) atoms. The molecule has 0 N–H and O–H groups in total. The SMILES string of the molecule is O=S(=O)(/C=C/c1ccccc1)N1CCN(c2ccnc3cc(Cl)ccc23)CC1. The van der Waals surface area contributed by atoms with E-state index in [2.05, 4.69) is 9.88 Å². The van der Waals surface area contributed by atoms with Crippen LogP contribution in [0.4, 0.5) is 5.69 Å². The number of piperazine rings is 1. The highest BCUT2D eigenvalue weighted by molar-refractivity contribution is 7.92. The van der Waals surface area contributed by atoms with Gasteiger partial charge in [0.25, 0.3) is 0 Å². The van der Waals surface area contributed by atoms with Crippen molar-refractivity contribution in [3.8, 4) is 0 Å². The van der Waals surface area contributed by atoms with Gasteiger partial charge in [0.15, 0.2) is 0 Å². The molecule has 7 heteroatoms.